The molecule has 0 radical (unpaired) electrons. The molecule has 1 aliphatic rings. The van der Waals surface area contributed by atoms with Crippen LogP contribution in [0.2, 0.25) is 0 Å². The fraction of sp³-hybridized carbons (Fsp3) is 0.875. The van der Waals surface area contributed by atoms with E-state index in [1.54, 1.807) is 0 Å². The number of nitrogens with one attached hydrogen (secondary N) is 2. The van der Waals surface area contributed by atoms with Crippen LogP contribution in [-0.2, 0) is 4.79 Å². The van der Waals surface area contributed by atoms with Gasteiger partial charge in [-0.1, -0.05) is 0 Å². The van der Waals surface area contributed by atoms with Gasteiger partial charge in [-0.15, -0.1) is 0 Å². The third-order valence-electron chi connectivity index (χ3n) is 2.06. The van der Waals surface area contributed by atoms with Crippen LogP contribution in [0.1, 0.15) is 12.8 Å². The Hall–Kier alpha value is -0.650. The van der Waals surface area contributed by atoms with Crippen molar-refractivity contribution in [1.82, 2.24) is 10.6 Å². The summed E-state index contributed by atoms with van der Waals surface area (Å²) in [7, 11) is 0. The molecule has 2 atom stereocenters. The molecule has 76 valence electrons. The Morgan fingerprint density at radius 2 is 2.38 bits per heavy atom. The number of carbonyl (C=O) groups is 1. The number of carbonyl (C=O) groups excluding carboxylic acids is 1. The van der Waals surface area contributed by atoms with Crippen molar-refractivity contribution in [1.29, 1.82) is 0 Å². The van der Waals surface area contributed by atoms with Crippen LogP contribution in [0.15, 0.2) is 0 Å². The van der Waals surface area contributed by atoms with Crippen molar-refractivity contribution >= 4 is 5.91 Å². The summed E-state index contributed by atoms with van der Waals surface area (Å²) in [5, 5.41) is 23.2. The second kappa shape index (κ2) is 5.16. The van der Waals surface area contributed by atoms with Gasteiger partial charge in [0, 0.05) is 19.7 Å². The highest BCUT2D eigenvalue weighted by Crippen LogP contribution is 2.05. The standard InChI is InChI=1S/C8H16N2O3/c11-3-1-2-9-8(13)7-4-6(12)5-10-7/h6-7,10-12H,1-5H2,(H,9,13). The van der Waals surface area contributed by atoms with Crippen molar-refractivity contribution in [3.8, 4) is 0 Å². The Morgan fingerprint density at radius 3 is 2.92 bits per heavy atom. The summed E-state index contributed by atoms with van der Waals surface area (Å²) in [5.74, 6) is -0.0926. The average Bonchev–Trinajstić information content (AvgIpc) is 2.52. The third-order valence-corrected chi connectivity index (χ3v) is 2.06. The molecule has 0 bridgehead atoms. The van der Waals surface area contributed by atoms with Crippen LogP contribution in [0.4, 0.5) is 0 Å². The Bertz CT molecular complexity index is 175. The first-order valence-electron chi connectivity index (χ1n) is 4.54. The average molecular weight is 188 g/mol. The van der Waals surface area contributed by atoms with Crippen LogP contribution >= 0.6 is 0 Å². The maximum absolute atomic E-state index is 11.3. The van der Waals surface area contributed by atoms with Crippen LogP contribution in [0.3, 0.4) is 0 Å². The number of aliphatic hydroxyl groups excluding tert-OH is 2. The molecule has 0 aromatic rings. The van der Waals surface area contributed by atoms with Crippen molar-refractivity contribution in [2.75, 3.05) is 19.7 Å². The zero-order valence-electron chi connectivity index (χ0n) is 7.49. The highest BCUT2D eigenvalue weighted by atomic mass is 16.3. The van der Waals surface area contributed by atoms with Crippen molar-refractivity contribution in [3.63, 3.8) is 0 Å². The first-order chi connectivity index (χ1) is 6.24. The molecule has 5 nitrogen and oxygen atoms in total. The second-order valence-electron chi connectivity index (χ2n) is 3.22. The summed E-state index contributed by atoms with van der Waals surface area (Å²) >= 11 is 0. The summed E-state index contributed by atoms with van der Waals surface area (Å²) in [4.78, 5) is 11.3. The fourth-order valence-corrected chi connectivity index (χ4v) is 1.33. The van der Waals surface area contributed by atoms with Gasteiger partial charge in [0.2, 0.25) is 5.91 Å². The van der Waals surface area contributed by atoms with E-state index in [9.17, 15) is 4.79 Å². The Balaban J connectivity index is 2.16. The van der Waals surface area contributed by atoms with Crippen molar-refractivity contribution in [2.45, 2.75) is 25.0 Å². The normalized spacial score (nSPS) is 27.5. The van der Waals surface area contributed by atoms with Gasteiger partial charge in [0.25, 0.3) is 0 Å². The maximum Gasteiger partial charge on any atom is 0.237 e. The first-order valence-corrected chi connectivity index (χ1v) is 4.54. The molecular weight excluding hydrogens is 172 g/mol. The van der Waals surface area contributed by atoms with Gasteiger partial charge in [-0.2, -0.15) is 0 Å². The molecule has 1 rings (SSSR count). The minimum absolute atomic E-state index is 0.0843. The lowest BCUT2D eigenvalue weighted by Crippen LogP contribution is -2.40. The predicted molar refractivity (Wildman–Crippen MR) is 47.1 cm³/mol. The van der Waals surface area contributed by atoms with Gasteiger partial charge in [0.15, 0.2) is 0 Å². The molecule has 1 fully saturated rings. The van der Waals surface area contributed by atoms with Crippen LogP contribution in [0.5, 0.6) is 0 Å². The Kier molecular flexibility index (Phi) is 4.14. The van der Waals surface area contributed by atoms with Crippen molar-refractivity contribution in [2.24, 2.45) is 0 Å². The summed E-state index contributed by atoms with van der Waals surface area (Å²) in [6.07, 6.45) is 0.639. The molecule has 1 heterocycles. The van der Waals surface area contributed by atoms with Crippen LogP contribution < -0.4 is 10.6 Å². The van der Waals surface area contributed by atoms with Crippen molar-refractivity contribution in [3.05, 3.63) is 0 Å². The first kappa shape index (κ1) is 10.4. The van der Waals surface area contributed by atoms with Gasteiger partial charge >= 0.3 is 0 Å². The molecule has 0 aromatic heterocycles. The number of rotatable bonds is 4. The monoisotopic (exact) mass is 188 g/mol. The van der Waals surface area contributed by atoms with Gasteiger partial charge < -0.3 is 20.8 Å². The molecule has 0 aromatic carbocycles. The van der Waals surface area contributed by atoms with Gasteiger partial charge in [-0.25, -0.2) is 0 Å². The maximum atomic E-state index is 11.3. The van der Waals surface area contributed by atoms with E-state index in [-0.39, 0.29) is 18.6 Å². The molecule has 1 aliphatic heterocycles. The molecule has 4 N–H and O–H groups in total. The quantitative estimate of drug-likeness (QED) is 0.393. The minimum Gasteiger partial charge on any atom is -0.396 e. The fourth-order valence-electron chi connectivity index (χ4n) is 1.33. The number of amides is 1. The summed E-state index contributed by atoms with van der Waals surface area (Å²) < 4.78 is 0. The van der Waals surface area contributed by atoms with Crippen LogP contribution in [-0.4, -0.2) is 48.0 Å². The molecule has 0 aliphatic carbocycles. The zero-order valence-corrected chi connectivity index (χ0v) is 7.49. The van der Waals surface area contributed by atoms with E-state index in [1.165, 1.54) is 0 Å². The van der Waals surface area contributed by atoms with Crippen LogP contribution in [0.25, 0.3) is 0 Å². The number of β-amino-alcohol motifs (C(OH)–C–C–N with tert-alkyl or cyclic N) is 1. The molecule has 5 heteroatoms. The van der Waals surface area contributed by atoms with E-state index >= 15 is 0 Å². The summed E-state index contributed by atoms with van der Waals surface area (Å²) in [5.41, 5.74) is 0. The van der Waals surface area contributed by atoms with Gasteiger partial charge in [-0.3, -0.25) is 4.79 Å². The van der Waals surface area contributed by atoms with E-state index in [4.69, 9.17) is 10.2 Å². The van der Waals surface area contributed by atoms with Gasteiger partial charge in [-0.05, 0) is 12.8 Å². The molecule has 0 spiro atoms. The topological polar surface area (TPSA) is 81.6 Å². The van der Waals surface area contributed by atoms with E-state index in [2.05, 4.69) is 10.6 Å². The lowest BCUT2D eigenvalue weighted by atomic mass is 10.2. The summed E-state index contributed by atoms with van der Waals surface area (Å²) in [6.45, 7) is 1.06. The third kappa shape index (κ3) is 3.30. The van der Waals surface area contributed by atoms with E-state index in [1.807, 2.05) is 0 Å². The Morgan fingerprint density at radius 1 is 1.62 bits per heavy atom. The largest absolute Gasteiger partial charge is 0.396 e. The number of hydrogen-bond acceptors (Lipinski definition) is 4. The van der Waals surface area contributed by atoms with Crippen LogP contribution in [0, 0.1) is 0 Å². The SMILES string of the molecule is O=C(NCCCO)C1CC(O)CN1. The smallest absolute Gasteiger partial charge is 0.237 e. The Labute approximate surface area is 77.1 Å². The highest BCUT2D eigenvalue weighted by Gasteiger charge is 2.27. The van der Waals surface area contributed by atoms with E-state index < -0.39 is 6.10 Å². The zero-order chi connectivity index (χ0) is 9.68. The number of aliphatic hydroxyl groups is 2. The molecule has 2 unspecified atom stereocenters. The lowest BCUT2D eigenvalue weighted by Gasteiger charge is -2.09. The second-order valence-corrected chi connectivity index (χ2v) is 3.22. The molecule has 1 saturated heterocycles. The molecule has 0 saturated carbocycles. The highest BCUT2D eigenvalue weighted by molar-refractivity contribution is 5.82. The lowest BCUT2D eigenvalue weighted by molar-refractivity contribution is -0.122. The van der Waals surface area contributed by atoms with Crippen molar-refractivity contribution < 1.29 is 15.0 Å². The number of hydrogen-bond donors (Lipinski definition) is 4. The van der Waals surface area contributed by atoms with E-state index in [0.717, 1.165) is 0 Å². The predicted octanol–water partition coefficient (Wildman–Crippen LogP) is -1.79. The summed E-state index contributed by atoms with van der Waals surface area (Å²) in [6, 6.07) is -0.270. The molecule has 1 amide bonds. The molecule has 13 heavy (non-hydrogen) atoms. The minimum atomic E-state index is -0.409. The molecular formula is C8H16N2O3. The van der Waals surface area contributed by atoms with Gasteiger partial charge in [0.1, 0.15) is 0 Å². The van der Waals surface area contributed by atoms with E-state index in [0.29, 0.717) is 25.9 Å². The van der Waals surface area contributed by atoms with Gasteiger partial charge in [0.05, 0.1) is 12.1 Å².